The van der Waals surface area contributed by atoms with Crippen molar-refractivity contribution >= 4 is 0 Å². The molecule has 2 heterocycles. The molecule has 0 unspecified atom stereocenters. The van der Waals surface area contributed by atoms with Gasteiger partial charge in [0.15, 0.2) is 0 Å². The highest BCUT2D eigenvalue weighted by Gasteiger charge is 2.09. The number of nitrogens with one attached hydrogen (secondary N) is 1. The van der Waals surface area contributed by atoms with Crippen LogP contribution in [0.3, 0.4) is 0 Å². The second-order valence-corrected chi connectivity index (χ2v) is 4.61. The molecule has 0 fully saturated rings. The van der Waals surface area contributed by atoms with Gasteiger partial charge in [0.05, 0.1) is 0 Å². The van der Waals surface area contributed by atoms with Crippen LogP contribution in [0, 0.1) is 0 Å². The predicted octanol–water partition coefficient (Wildman–Crippen LogP) is 2.03. The van der Waals surface area contributed by atoms with Crippen LogP contribution < -0.4 is 5.56 Å². The fourth-order valence-corrected chi connectivity index (χ4v) is 1.81. The monoisotopic (exact) mass is 246 g/mol. The first kappa shape index (κ1) is 12.5. The zero-order valence-electron chi connectivity index (χ0n) is 11.0. The normalized spacial score (nSPS) is 11.1. The quantitative estimate of drug-likeness (QED) is 0.897. The molecule has 2 aromatic rings. The van der Waals surface area contributed by atoms with Crippen molar-refractivity contribution in [2.75, 3.05) is 0 Å². The minimum absolute atomic E-state index is 0.125. The average Bonchev–Trinajstić information content (AvgIpc) is 2.77. The zero-order valence-corrected chi connectivity index (χ0v) is 11.0. The van der Waals surface area contributed by atoms with E-state index < -0.39 is 0 Å². The number of aromatic nitrogens is 4. The average molecular weight is 246 g/mol. The lowest BCUT2D eigenvalue weighted by Gasteiger charge is -2.09. The molecule has 96 valence electrons. The number of imidazole rings is 1. The summed E-state index contributed by atoms with van der Waals surface area (Å²) < 4.78 is 1.88. The summed E-state index contributed by atoms with van der Waals surface area (Å²) in [5, 5.41) is 0. The number of hydrogen-bond donors (Lipinski definition) is 1. The van der Waals surface area contributed by atoms with Gasteiger partial charge >= 0.3 is 0 Å². The molecule has 0 atom stereocenters. The van der Waals surface area contributed by atoms with E-state index in [0.29, 0.717) is 11.6 Å². The molecule has 0 bridgehead atoms. The van der Waals surface area contributed by atoms with Gasteiger partial charge in [0.25, 0.3) is 5.56 Å². The van der Waals surface area contributed by atoms with E-state index in [-0.39, 0.29) is 11.5 Å². The van der Waals surface area contributed by atoms with E-state index in [1.54, 1.807) is 6.20 Å². The Labute approximate surface area is 106 Å². The number of nitrogens with zero attached hydrogens (tertiary/aromatic N) is 3. The van der Waals surface area contributed by atoms with Crippen LogP contribution >= 0.6 is 0 Å². The van der Waals surface area contributed by atoms with Gasteiger partial charge in [0.1, 0.15) is 17.5 Å². The van der Waals surface area contributed by atoms with E-state index in [4.69, 9.17) is 0 Å². The molecular formula is C13H18N4O. The lowest BCUT2D eigenvalue weighted by Crippen LogP contribution is -2.15. The maximum atomic E-state index is 11.7. The Bertz CT molecular complexity index is 583. The van der Waals surface area contributed by atoms with E-state index in [9.17, 15) is 4.79 Å². The number of H-pyrrole nitrogens is 1. The fraction of sp³-hybridized carbons (Fsp3) is 0.462. The van der Waals surface area contributed by atoms with Crippen molar-refractivity contribution in [3.63, 3.8) is 0 Å². The molecule has 2 rings (SSSR count). The van der Waals surface area contributed by atoms with Gasteiger partial charge in [-0.25, -0.2) is 9.97 Å². The van der Waals surface area contributed by atoms with Crippen molar-refractivity contribution in [2.24, 2.45) is 0 Å². The summed E-state index contributed by atoms with van der Waals surface area (Å²) in [5.41, 5.74) is -0.125. The van der Waals surface area contributed by atoms with E-state index >= 15 is 0 Å². The van der Waals surface area contributed by atoms with Gasteiger partial charge in [0, 0.05) is 30.8 Å². The Balaban J connectivity index is 2.50. The molecule has 5 nitrogen and oxygen atoms in total. The fourth-order valence-electron chi connectivity index (χ4n) is 1.81. The summed E-state index contributed by atoms with van der Waals surface area (Å²) in [6.07, 6.45) is 5.47. The van der Waals surface area contributed by atoms with Crippen molar-refractivity contribution in [3.8, 4) is 5.82 Å². The van der Waals surface area contributed by atoms with Crippen LogP contribution in [-0.2, 0) is 6.42 Å². The first-order valence-electron chi connectivity index (χ1n) is 6.25. The van der Waals surface area contributed by atoms with E-state index in [1.165, 1.54) is 6.07 Å². The van der Waals surface area contributed by atoms with Crippen molar-refractivity contribution < 1.29 is 0 Å². The lowest BCUT2D eigenvalue weighted by molar-refractivity contribution is 0.739. The first-order valence-corrected chi connectivity index (χ1v) is 6.25. The molecule has 0 saturated carbocycles. The third-order valence-corrected chi connectivity index (χ3v) is 2.73. The molecule has 0 saturated heterocycles. The van der Waals surface area contributed by atoms with Crippen LogP contribution in [0.15, 0.2) is 23.3 Å². The summed E-state index contributed by atoms with van der Waals surface area (Å²) in [4.78, 5) is 23.2. The third kappa shape index (κ3) is 2.50. The van der Waals surface area contributed by atoms with Crippen molar-refractivity contribution in [2.45, 2.75) is 39.5 Å². The van der Waals surface area contributed by atoms with Gasteiger partial charge in [-0.05, 0) is 6.42 Å². The maximum Gasteiger partial charge on any atom is 0.253 e. The third-order valence-electron chi connectivity index (χ3n) is 2.73. The standard InChI is InChI=1S/C13H18N4O/c1-4-5-10-14-6-7-17(10)11-8-12(18)16-13(15-11)9(2)3/h6-9H,4-5H2,1-3H3,(H,15,16,18). The lowest BCUT2D eigenvalue weighted by atomic mass is 10.2. The molecule has 0 radical (unpaired) electrons. The van der Waals surface area contributed by atoms with Crippen LogP contribution in [-0.4, -0.2) is 19.5 Å². The topological polar surface area (TPSA) is 63.6 Å². The van der Waals surface area contributed by atoms with E-state index in [1.807, 2.05) is 24.6 Å². The molecule has 0 aromatic carbocycles. The number of hydrogen-bond acceptors (Lipinski definition) is 3. The Kier molecular flexibility index (Phi) is 3.60. The number of rotatable bonds is 4. The molecule has 5 heteroatoms. The van der Waals surface area contributed by atoms with E-state index in [2.05, 4.69) is 21.9 Å². The second-order valence-electron chi connectivity index (χ2n) is 4.61. The van der Waals surface area contributed by atoms with Gasteiger partial charge in [-0.2, -0.15) is 0 Å². The van der Waals surface area contributed by atoms with Crippen LogP contribution in [0.1, 0.15) is 44.8 Å². The Morgan fingerprint density at radius 1 is 1.44 bits per heavy atom. The summed E-state index contributed by atoms with van der Waals surface area (Å²) >= 11 is 0. The van der Waals surface area contributed by atoms with Crippen molar-refractivity contribution in [1.82, 2.24) is 19.5 Å². The second kappa shape index (κ2) is 5.16. The summed E-state index contributed by atoms with van der Waals surface area (Å²) in [5.74, 6) is 2.47. The van der Waals surface area contributed by atoms with Crippen molar-refractivity contribution in [3.05, 3.63) is 40.5 Å². The number of aromatic amines is 1. The minimum Gasteiger partial charge on any atom is -0.310 e. The van der Waals surface area contributed by atoms with Crippen LogP contribution in [0.4, 0.5) is 0 Å². The minimum atomic E-state index is -0.125. The van der Waals surface area contributed by atoms with Gasteiger partial charge in [-0.3, -0.25) is 9.36 Å². The van der Waals surface area contributed by atoms with Gasteiger partial charge in [0.2, 0.25) is 0 Å². The Morgan fingerprint density at radius 3 is 2.89 bits per heavy atom. The SMILES string of the molecule is CCCc1nccn1-c1cc(=O)[nH]c(C(C)C)n1. The van der Waals surface area contributed by atoms with Gasteiger partial charge < -0.3 is 4.98 Å². The van der Waals surface area contributed by atoms with Crippen LogP contribution in [0.25, 0.3) is 5.82 Å². The molecule has 1 N–H and O–H groups in total. The highest BCUT2D eigenvalue weighted by molar-refractivity contribution is 5.24. The highest BCUT2D eigenvalue weighted by atomic mass is 16.1. The van der Waals surface area contributed by atoms with Crippen LogP contribution in [0.5, 0.6) is 0 Å². The summed E-state index contributed by atoms with van der Waals surface area (Å²) in [6, 6.07) is 1.51. The predicted molar refractivity (Wildman–Crippen MR) is 70.1 cm³/mol. The van der Waals surface area contributed by atoms with Gasteiger partial charge in [-0.1, -0.05) is 20.8 Å². The Hall–Kier alpha value is -1.91. The summed E-state index contributed by atoms with van der Waals surface area (Å²) in [6.45, 7) is 6.11. The molecule has 0 spiro atoms. The van der Waals surface area contributed by atoms with Crippen molar-refractivity contribution in [1.29, 1.82) is 0 Å². The van der Waals surface area contributed by atoms with Gasteiger partial charge in [-0.15, -0.1) is 0 Å². The molecule has 0 aliphatic rings. The molecule has 0 aliphatic carbocycles. The van der Waals surface area contributed by atoms with E-state index in [0.717, 1.165) is 18.7 Å². The summed E-state index contributed by atoms with van der Waals surface area (Å²) in [7, 11) is 0. The smallest absolute Gasteiger partial charge is 0.253 e. The zero-order chi connectivity index (χ0) is 13.1. The molecule has 0 amide bonds. The molecule has 2 aromatic heterocycles. The van der Waals surface area contributed by atoms with Crippen LogP contribution in [0.2, 0.25) is 0 Å². The molecular weight excluding hydrogens is 228 g/mol. The molecule has 18 heavy (non-hydrogen) atoms. The molecule has 0 aliphatic heterocycles. The Morgan fingerprint density at radius 2 is 2.22 bits per heavy atom. The first-order chi connectivity index (χ1) is 8.61. The highest BCUT2D eigenvalue weighted by Crippen LogP contribution is 2.11. The maximum absolute atomic E-state index is 11.7. The number of aryl methyl sites for hydroxylation is 1. The largest absolute Gasteiger partial charge is 0.310 e.